The van der Waals surface area contributed by atoms with Crippen LogP contribution in [-0.4, -0.2) is 80.2 Å². The van der Waals surface area contributed by atoms with Crippen molar-refractivity contribution >= 4 is 27.5 Å². The zero-order valence-electron chi connectivity index (χ0n) is 25.4. The molecule has 238 valence electrons. The standard InChI is InChI=1S/C35H34F3N5O3/c1-3-24-27(37)6-5-19-9-23(44)10-25(28(19)24)30-29(38)31-26(14-39-30)32(42-15-20-11-34(2,45)12-21(20)16-42)41-33(40-31)46-18-35-7-4-8-43(35)17-22(36)13-35/h1,5-6,9-10,14,20-22,44-45H,4,7-8,11-13,15-18H2,2H3. The summed E-state index contributed by atoms with van der Waals surface area (Å²) in [6, 6.07) is 5.40. The van der Waals surface area contributed by atoms with Crippen LogP contribution in [0.15, 0.2) is 30.5 Å². The molecule has 0 amide bonds. The summed E-state index contributed by atoms with van der Waals surface area (Å²) in [6.45, 7) is 4.46. The van der Waals surface area contributed by atoms with Crippen LogP contribution in [0.5, 0.6) is 11.8 Å². The summed E-state index contributed by atoms with van der Waals surface area (Å²) >= 11 is 0. The SMILES string of the molecule is C#Cc1c(F)ccc2cc(O)cc(-c3ncc4c(N5CC6CC(C)(O)CC6C5)nc(OCC56CCCN5CC(F)C6)nc4c3F)c12. The number of aromatic hydroxyl groups is 1. The fourth-order valence-corrected chi connectivity index (χ4v) is 8.70. The lowest BCUT2D eigenvalue weighted by Gasteiger charge is -2.31. The molecule has 4 unspecified atom stereocenters. The second-order valence-corrected chi connectivity index (χ2v) is 13.9. The number of benzene rings is 2. The van der Waals surface area contributed by atoms with Crippen LogP contribution >= 0.6 is 0 Å². The van der Waals surface area contributed by atoms with Crippen LogP contribution in [-0.2, 0) is 0 Å². The van der Waals surface area contributed by atoms with Crippen LogP contribution < -0.4 is 9.64 Å². The van der Waals surface area contributed by atoms with Gasteiger partial charge in [0.25, 0.3) is 0 Å². The van der Waals surface area contributed by atoms with Crippen molar-refractivity contribution < 1.29 is 28.1 Å². The first-order valence-electron chi connectivity index (χ1n) is 15.8. The van der Waals surface area contributed by atoms with Crippen molar-refractivity contribution in [1.82, 2.24) is 19.9 Å². The van der Waals surface area contributed by atoms with E-state index >= 15 is 4.39 Å². The highest BCUT2D eigenvalue weighted by molar-refractivity contribution is 6.03. The Kier molecular flexibility index (Phi) is 6.64. The number of phenolic OH excluding ortho intramolecular Hbond substituents is 1. The van der Waals surface area contributed by atoms with E-state index in [9.17, 15) is 19.0 Å². The fourth-order valence-electron chi connectivity index (χ4n) is 8.70. The van der Waals surface area contributed by atoms with E-state index in [1.165, 1.54) is 30.5 Å². The van der Waals surface area contributed by atoms with Crippen molar-refractivity contribution in [2.45, 2.75) is 56.3 Å². The molecule has 3 aliphatic heterocycles. The Labute approximate surface area is 264 Å². The zero-order valence-corrected chi connectivity index (χ0v) is 25.4. The third kappa shape index (κ3) is 4.64. The van der Waals surface area contributed by atoms with Crippen LogP contribution in [0.2, 0.25) is 0 Å². The number of hydrogen-bond donors (Lipinski definition) is 2. The summed E-state index contributed by atoms with van der Waals surface area (Å²) in [5.74, 6) is 1.74. The third-order valence-electron chi connectivity index (χ3n) is 10.6. The third-order valence-corrected chi connectivity index (χ3v) is 10.6. The number of anilines is 1. The summed E-state index contributed by atoms with van der Waals surface area (Å²) in [7, 11) is 0. The summed E-state index contributed by atoms with van der Waals surface area (Å²) in [4.78, 5) is 18.0. The van der Waals surface area contributed by atoms with Gasteiger partial charge in [-0.2, -0.15) is 9.97 Å². The highest BCUT2D eigenvalue weighted by atomic mass is 19.1. The Hall–Kier alpha value is -4.14. The Bertz CT molecular complexity index is 1930. The maximum absolute atomic E-state index is 16.8. The van der Waals surface area contributed by atoms with Crippen LogP contribution in [0.3, 0.4) is 0 Å². The van der Waals surface area contributed by atoms with Crippen molar-refractivity contribution in [3.63, 3.8) is 0 Å². The number of pyridine rings is 1. The highest BCUT2D eigenvalue weighted by Crippen LogP contribution is 2.46. The van der Waals surface area contributed by atoms with E-state index < -0.39 is 28.9 Å². The van der Waals surface area contributed by atoms with Gasteiger partial charge >= 0.3 is 6.01 Å². The lowest BCUT2D eigenvalue weighted by molar-refractivity contribution is 0.0601. The lowest BCUT2D eigenvalue weighted by Crippen LogP contribution is -2.43. The second kappa shape index (κ2) is 10.4. The van der Waals surface area contributed by atoms with Crippen LogP contribution in [0.1, 0.15) is 44.6 Å². The number of halogens is 3. The van der Waals surface area contributed by atoms with Gasteiger partial charge < -0.3 is 19.8 Å². The molecule has 0 spiro atoms. The number of fused-ring (bicyclic) bond motifs is 4. The van der Waals surface area contributed by atoms with Gasteiger partial charge in [-0.05, 0) is 74.6 Å². The van der Waals surface area contributed by atoms with Gasteiger partial charge in [-0.15, -0.1) is 6.42 Å². The number of hydrogen-bond acceptors (Lipinski definition) is 8. The number of nitrogens with zero attached hydrogens (tertiary/aromatic N) is 5. The summed E-state index contributed by atoms with van der Waals surface area (Å²) < 4.78 is 52.3. The normalized spacial score (nSPS) is 29.0. The predicted molar refractivity (Wildman–Crippen MR) is 167 cm³/mol. The number of rotatable bonds is 5. The Morgan fingerprint density at radius 1 is 1.11 bits per heavy atom. The van der Waals surface area contributed by atoms with Crippen molar-refractivity contribution in [2.24, 2.45) is 11.8 Å². The quantitative estimate of drug-likeness (QED) is 0.285. The van der Waals surface area contributed by atoms with Gasteiger partial charge in [0, 0.05) is 43.2 Å². The molecule has 1 saturated carbocycles. The lowest BCUT2D eigenvalue weighted by atomic mass is 9.95. The number of aromatic nitrogens is 3. The van der Waals surface area contributed by atoms with Gasteiger partial charge in [-0.25, -0.2) is 13.2 Å². The minimum atomic E-state index is -0.931. The first-order chi connectivity index (χ1) is 22.0. The van der Waals surface area contributed by atoms with Gasteiger partial charge in [0.1, 0.15) is 41.4 Å². The van der Waals surface area contributed by atoms with Gasteiger partial charge in [0.2, 0.25) is 0 Å². The summed E-state index contributed by atoms with van der Waals surface area (Å²) in [6.07, 6.45) is 9.67. The molecule has 3 saturated heterocycles. The van der Waals surface area contributed by atoms with Crippen LogP contribution in [0.25, 0.3) is 32.9 Å². The summed E-state index contributed by atoms with van der Waals surface area (Å²) in [5.41, 5.74) is -1.30. The number of alkyl halides is 1. The Morgan fingerprint density at radius 2 is 1.89 bits per heavy atom. The molecule has 2 aromatic carbocycles. The predicted octanol–water partition coefficient (Wildman–Crippen LogP) is 5.36. The van der Waals surface area contributed by atoms with Gasteiger partial charge in [-0.3, -0.25) is 9.88 Å². The van der Waals surface area contributed by atoms with Gasteiger partial charge in [0.15, 0.2) is 5.82 Å². The van der Waals surface area contributed by atoms with Gasteiger partial charge in [-0.1, -0.05) is 12.0 Å². The van der Waals surface area contributed by atoms with Crippen LogP contribution in [0.4, 0.5) is 19.0 Å². The zero-order chi connectivity index (χ0) is 32.0. The van der Waals surface area contributed by atoms with Crippen LogP contribution in [0, 0.1) is 35.8 Å². The molecular formula is C35H34F3N5O3. The minimum absolute atomic E-state index is 0.0257. The van der Waals surface area contributed by atoms with Crippen molar-refractivity contribution in [2.75, 3.05) is 37.7 Å². The maximum atomic E-state index is 16.8. The molecule has 4 aliphatic rings. The fraction of sp³-hybridized carbons (Fsp3) is 0.457. The minimum Gasteiger partial charge on any atom is -0.508 e. The molecule has 11 heteroatoms. The Morgan fingerprint density at radius 3 is 2.65 bits per heavy atom. The molecule has 8 rings (SSSR count). The Balaban J connectivity index is 1.26. The average molecular weight is 630 g/mol. The number of phenols is 1. The van der Waals surface area contributed by atoms with Crippen molar-refractivity contribution in [1.29, 1.82) is 0 Å². The molecule has 5 heterocycles. The van der Waals surface area contributed by atoms with Crippen molar-refractivity contribution in [3.8, 4) is 35.4 Å². The van der Waals surface area contributed by atoms with E-state index in [4.69, 9.17) is 16.1 Å². The van der Waals surface area contributed by atoms with E-state index in [2.05, 4.69) is 25.7 Å². The van der Waals surface area contributed by atoms with E-state index in [0.29, 0.717) is 55.5 Å². The molecule has 46 heavy (non-hydrogen) atoms. The first-order valence-corrected chi connectivity index (χ1v) is 15.8. The van der Waals surface area contributed by atoms with E-state index in [-0.39, 0.29) is 57.9 Å². The molecule has 0 bridgehead atoms. The molecular weight excluding hydrogens is 595 g/mol. The topological polar surface area (TPSA) is 94.8 Å². The monoisotopic (exact) mass is 629 g/mol. The van der Waals surface area contributed by atoms with E-state index in [1.54, 1.807) is 0 Å². The molecule has 4 aromatic rings. The second-order valence-electron chi connectivity index (χ2n) is 13.9. The molecule has 4 fully saturated rings. The van der Waals surface area contributed by atoms with Crippen molar-refractivity contribution in [3.05, 3.63) is 47.7 Å². The highest BCUT2D eigenvalue weighted by Gasteiger charge is 2.50. The van der Waals surface area contributed by atoms with E-state index in [0.717, 1.165) is 19.4 Å². The molecule has 8 nitrogen and oxygen atoms in total. The molecule has 2 N–H and O–H groups in total. The number of ether oxygens (including phenoxy) is 1. The first kappa shape index (κ1) is 29.3. The maximum Gasteiger partial charge on any atom is 0.319 e. The number of aliphatic hydroxyl groups is 1. The molecule has 2 aromatic heterocycles. The largest absolute Gasteiger partial charge is 0.508 e. The molecule has 1 aliphatic carbocycles. The molecule has 0 radical (unpaired) electrons. The van der Waals surface area contributed by atoms with E-state index in [1.807, 2.05) is 6.92 Å². The molecule has 4 atom stereocenters. The summed E-state index contributed by atoms with van der Waals surface area (Å²) in [5, 5.41) is 22.2. The average Bonchev–Trinajstić information content (AvgIpc) is 3.73. The van der Waals surface area contributed by atoms with Gasteiger partial charge in [0.05, 0.1) is 22.1 Å². The smallest absolute Gasteiger partial charge is 0.319 e. The number of terminal acetylenes is 1.